The maximum atomic E-state index is 13.6. The molecule has 2 unspecified atom stereocenters. The molecule has 2 aliphatic heterocycles. The van der Waals surface area contributed by atoms with E-state index in [-0.39, 0.29) is 5.91 Å². The van der Waals surface area contributed by atoms with Gasteiger partial charge in [-0.3, -0.25) is 9.48 Å². The van der Waals surface area contributed by atoms with Crippen molar-refractivity contribution in [2.45, 2.75) is 52.0 Å². The summed E-state index contributed by atoms with van der Waals surface area (Å²) in [5, 5.41) is 5.44. The van der Waals surface area contributed by atoms with Gasteiger partial charge in [0.25, 0.3) is 5.91 Å². The van der Waals surface area contributed by atoms with Gasteiger partial charge in [0.05, 0.1) is 16.6 Å². The Bertz CT molecular complexity index is 856. The van der Waals surface area contributed by atoms with E-state index in [1.54, 1.807) is 4.68 Å². The van der Waals surface area contributed by atoms with Crippen LogP contribution in [0.4, 0.5) is 0 Å². The second-order valence-corrected chi connectivity index (χ2v) is 8.61. The van der Waals surface area contributed by atoms with Gasteiger partial charge in [0.1, 0.15) is 0 Å². The number of carbonyl (C=O) groups is 1. The molecule has 4 bridgehead atoms. The lowest BCUT2D eigenvalue weighted by Gasteiger charge is -2.39. The number of amides is 1. The first kappa shape index (κ1) is 15.4. The predicted octanol–water partition coefficient (Wildman–Crippen LogP) is 3.24. The summed E-state index contributed by atoms with van der Waals surface area (Å²) >= 11 is 0. The summed E-state index contributed by atoms with van der Waals surface area (Å²) in [6, 6.07) is 2.40. The third-order valence-corrected chi connectivity index (χ3v) is 6.69. The van der Waals surface area contributed by atoms with Gasteiger partial charge < -0.3 is 4.90 Å². The molecular weight excluding hydrogens is 312 g/mol. The van der Waals surface area contributed by atoms with Crippen molar-refractivity contribution in [1.29, 1.82) is 0 Å². The molecule has 4 aliphatic rings. The minimum absolute atomic E-state index is 0.199. The number of nitrogens with zero attached hydrogens (tertiary/aromatic N) is 4. The van der Waals surface area contributed by atoms with Gasteiger partial charge in [0, 0.05) is 25.3 Å². The monoisotopic (exact) mass is 338 g/mol. The number of hydrogen-bond donors (Lipinski definition) is 0. The van der Waals surface area contributed by atoms with Gasteiger partial charge in [-0.05, 0) is 69.8 Å². The van der Waals surface area contributed by atoms with Crippen LogP contribution in [-0.4, -0.2) is 38.2 Å². The van der Waals surface area contributed by atoms with Crippen LogP contribution in [-0.2, 0) is 7.05 Å². The first-order chi connectivity index (χ1) is 12.0. The van der Waals surface area contributed by atoms with Crippen LogP contribution in [0.5, 0.6) is 0 Å². The van der Waals surface area contributed by atoms with Crippen LogP contribution in [0.2, 0.25) is 0 Å². The number of aryl methyl sites for hydroxylation is 3. The van der Waals surface area contributed by atoms with Crippen molar-refractivity contribution >= 4 is 16.9 Å². The highest BCUT2D eigenvalue weighted by Gasteiger charge is 2.44. The lowest BCUT2D eigenvalue weighted by atomic mass is 9.68. The highest BCUT2D eigenvalue weighted by atomic mass is 16.2. The largest absolute Gasteiger partial charge is 0.335 e. The van der Waals surface area contributed by atoms with Gasteiger partial charge in [0.15, 0.2) is 5.65 Å². The number of carbonyl (C=O) groups excluding carboxylic acids is 1. The van der Waals surface area contributed by atoms with E-state index in [0.29, 0.717) is 12.0 Å². The molecule has 0 N–H and O–H groups in total. The molecule has 5 heteroatoms. The van der Waals surface area contributed by atoms with Crippen LogP contribution in [0.15, 0.2) is 6.07 Å². The molecular formula is C20H26N4O. The highest BCUT2D eigenvalue weighted by Crippen LogP contribution is 2.47. The van der Waals surface area contributed by atoms with Gasteiger partial charge in [-0.1, -0.05) is 0 Å². The fraction of sp³-hybridized carbons (Fsp3) is 0.650. The topological polar surface area (TPSA) is 51.0 Å². The average molecular weight is 338 g/mol. The van der Waals surface area contributed by atoms with E-state index in [1.165, 1.54) is 32.1 Å². The van der Waals surface area contributed by atoms with Crippen molar-refractivity contribution in [2.75, 3.05) is 6.54 Å². The normalized spacial score (nSPS) is 30.9. The molecule has 4 fully saturated rings. The molecule has 132 valence electrons. The molecule has 2 saturated carbocycles. The summed E-state index contributed by atoms with van der Waals surface area (Å²) in [6.45, 7) is 4.89. The molecule has 0 spiro atoms. The smallest absolute Gasteiger partial charge is 0.254 e. The Balaban J connectivity index is 1.60. The van der Waals surface area contributed by atoms with Crippen molar-refractivity contribution in [2.24, 2.45) is 24.8 Å². The summed E-state index contributed by atoms with van der Waals surface area (Å²) in [5.41, 5.74) is 3.41. The van der Waals surface area contributed by atoms with E-state index < -0.39 is 0 Å². The maximum absolute atomic E-state index is 13.6. The third kappa shape index (κ3) is 2.31. The van der Waals surface area contributed by atoms with Crippen molar-refractivity contribution in [3.8, 4) is 0 Å². The zero-order valence-corrected chi connectivity index (χ0v) is 15.3. The third-order valence-electron chi connectivity index (χ3n) is 6.69. The maximum Gasteiger partial charge on any atom is 0.254 e. The van der Waals surface area contributed by atoms with E-state index in [2.05, 4.69) is 15.0 Å². The fourth-order valence-corrected chi connectivity index (χ4v) is 5.93. The van der Waals surface area contributed by atoms with Gasteiger partial charge in [-0.15, -0.1) is 0 Å². The minimum atomic E-state index is 0.199. The molecule has 2 atom stereocenters. The SMILES string of the molecule is Cc1cc(C(=O)N2CC3CC4CC(C3)CC2C4)c2c(C)nn(C)c2n1. The molecule has 6 rings (SSSR count). The van der Waals surface area contributed by atoms with Crippen LogP contribution in [0.25, 0.3) is 11.0 Å². The lowest BCUT2D eigenvalue weighted by Crippen LogP contribution is -2.42. The Morgan fingerprint density at radius 3 is 2.48 bits per heavy atom. The van der Waals surface area contributed by atoms with Gasteiger partial charge in [-0.25, -0.2) is 4.98 Å². The van der Waals surface area contributed by atoms with E-state index >= 15 is 0 Å². The van der Waals surface area contributed by atoms with E-state index in [4.69, 9.17) is 0 Å². The Morgan fingerprint density at radius 1 is 1.08 bits per heavy atom. The van der Waals surface area contributed by atoms with Crippen molar-refractivity contribution in [3.05, 3.63) is 23.0 Å². The molecule has 2 aromatic rings. The molecule has 0 aromatic carbocycles. The molecule has 5 nitrogen and oxygen atoms in total. The summed E-state index contributed by atoms with van der Waals surface area (Å²) in [5.74, 6) is 2.60. The average Bonchev–Trinajstić information content (AvgIpc) is 2.70. The predicted molar refractivity (Wildman–Crippen MR) is 96.4 cm³/mol. The standard InChI is InChI=1S/C20H26N4O/c1-11-4-17(18-12(2)22-23(3)19(18)21-11)20(25)24-10-15-6-13-5-14(7-15)9-16(24)8-13/h4,13-16H,5-10H2,1-3H3. The molecule has 25 heavy (non-hydrogen) atoms. The summed E-state index contributed by atoms with van der Waals surface area (Å²) in [7, 11) is 1.91. The van der Waals surface area contributed by atoms with Gasteiger partial charge in [-0.2, -0.15) is 5.10 Å². The van der Waals surface area contributed by atoms with E-state index in [1.807, 2.05) is 27.0 Å². The number of hydrogen-bond acceptors (Lipinski definition) is 3. The van der Waals surface area contributed by atoms with Gasteiger partial charge >= 0.3 is 0 Å². The number of rotatable bonds is 1. The Hall–Kier alpha value is -1.91. The van der Waals surface area contributed by atoms with Crippen LogP contribution in [0, 0.1) is 31.6 Å². The number of pyridine rings is 1. The van der Waals surface area contributed by atoms with Crippen molar-refractivity contribution in [3.63, 3.8) is 0 Å². The zero-order valence-electron chi connectivity index (χ0n) is 15.3. The second-order valence-electron chi connectivity index (χ2n) is 8.61. The summed E-state index contributed by atoms with van der Waals surface area (Å²) < 4.78 is 1.80. The van der Waals surface area contributed by atoms with Crippen LogP contribution in [0.3, 0.4) is 0 Å². The molecule has 4 heterocycles. The van der Waals surface area contributed by atoms with Crippen LogP contribution >= 0.6 is 0 Å². The summed E-state index contributed by atoms with van der Waals surface area (Å²) in [4.78, 5) is 20.4. The first-order valence-electron chi connectivity index (χ1n) is 9.61. The molecule has 0 radical (unpaired) electrons. The Kier molecular flexibility index (Phi) is 3.25. The minimum Gasteiger partial charge on any atom is -0.335 e. The van der Waals surface area contributed by atoms with Crippen molar-refractivity contribution in [1.82, 2.24) is 19.7 Å². The Labute approximate surface area is 148 Å². The second kappa shape index (κ2) is 5.29. The van der Waals surface area contributed by atoms with Gasteiger partial charge in [0.2, 0.25) is 0 Å². The quantitative estimate of drug-likeness (QED) is 0.802. The zero-order chi connectivity index (χ0) is 17.3. The number of aromatic nitrogens is 3. The fourth-order valence-electron chi connectivity index (χ4n) is 5.93. The number of fused-ring (bicyclic) bond motifs is 2. The molecule has 2 aromatic heterocycles. The van der Waals surface area contributed by atoms with Crippen LogP contribution in [0.1, 0.15) is 53.8 Å². The lowest BCUT2D eigenvalue weighted by molar-refractivity contribution is 0.0634. The van der Waals surface area contributed by atoms with E-state index in [0.717, 1.165) is 46.4 Å². The molecule has 1 amide bonds. The first-order valence-corrected chi connectivity index (χ1v) is 9.61. The van der Waals surface area contributed by atoms with Crippen LogP contribution < -0.4 is 0 Å². The summed E-state index contributed by atoms with van der Waals surface area (Å²) in [6.07, 6.45) is 6.46. The van der Waals surface area contributed by atoms with E-state index in [9.17, 15) is 4.79 Å². The Morgan fingerprint density at radius 2 is 1.76 bits per heavy atom. The van der Waals surface area contributed by atoms with Crippen molar-refractivity contribution < 1.29 is 4.79 Å². The molecule has 2 saturated heterocycles. The highest BCUT2D eigenvalue weighted by molar-refractivity contribution is 6.06. The molecule has 2 aliphatic carbocycles.